The van der Waals surface area contributed by atoms with E-state index in [1.54, 1.807) is 24.3 Å². The van der Waals surface area contributed by atoms with E-state index in [0.29, 0.717) is 30.4 Å². The number of carbonyl (C=O) groups is 3. The van der Waals surface area contributed by atoms with E-state index in [4.69, 9.17) is 4.74 Å². The minimum Gasteiger partial charge on any atom is -0.394 e. The minimum absolute atomic E-state index is 0.0137. The molecule has 2 aliphatic heterocycles. The van der Waals surface area contributed by atoms with Crippen molar-refractivity contribution in [2.45, 2.75) is 50.2 Å². The van der Waals surface area contributed by atoms with Gasteiger partial charge in [-0.2, -0.15) is 4.98 Å². The second-order valence-electron chi connectivity index (χ2n) is 9.13. The van der Waals surface area contributed by atoms with Crippen LogP contribution in [0.3, 0.4) is 0 Å². The molecule has 0 bridgehead atoms. The number of nitrogens with one attached hydrogen (secondary N) is 2. The first-order valence-electron chi connectivity index (χ1n) is 12.1. The Morgan fingerprint density at radius 3 is 2.42 bits per heavy atom. The Morgan fingerprint density at radius 2 is 1.76 bits per heavy atom. The molecule has 4 heterocycles. The van der Waals surface area contributed by atoms with E-state index < -0.39 is 42.6 Å². The Hall–Kier alpha value is -3.98. The van der Waals surface area contributed by atoms with Gasteiger partial charge in [0.1, 0.15) is 18.3 Å². The van der Waals surface area contributed by atoms with Gasteiger partial charge in [-0.3, -0.25) is 38.9 Å². The van der Waals surface area contributed by atoms with Gasteiger partial charge in [-0.15, -0.1) is 0 Å². The molecule has 200 valence electrons. The van der Waals surface area contributed by atoms with Crippen molar-refractivity contribution in [2.75, 3.05) is 18.5 Å². The van der Waals surface area contributed by atoms with E-state index in [-0.39, 0.29) is 41.9 Å². The van der Waals surface area contributed by atoms with Gasteiger partial charge < -0.3 is 20.1 Å². The molecule has 2 aromatic heterocycles. The lowest BCUT2D eigenvalue weighted by Crippen LogP contribution is -2.33. The highest BCUT2D eigenvalue weighted by Crippen LogP contribution is 2.31. The predicted octanol–water partition coefficient (Wildman–Crippen LogP) is -0.474. The van der Waals surface area contributed by atoms with Crippen LogP contribution >= 0.6 is 0 Å². The zero-order valence-corrected chi connectivity index (χ0v) is 20.1. The first-order valence-corrected chi connectivity index (χ1v) is 12.1. The van der Waals surface area contributed by atoms with Crippen molar-refractivity contribution in [1.82, 2.24) is 24.4 Å². The molecular weight excluding hydrogens is 500 g/mol. The summed E-state index contributed by atoms with van der Waals surface area (Å²) in [5.74, 6) is -1.17. The maximum atomic E-state index is 12.5. The Morgan fingerprint density at radius 1 is 1.05 bits per heavy atom. The Labute approximate surface area is 214 Å². The smallest absolute Gasteiger partial charge is 0.280 e. The van der Waals surface area contributed by atoms with Crippen LogP contribution in [0.25, 0.3) is 11.2 Å². The van der Waals surface area contributed by atoms with E-state index >= 15 is 0 Å². The number of hydrogen-bond donors (Lipinski definition) is 5. The molecular formula is C24H26N6O8. The summed E-state index contributed by atoms with van der Waals surface area (Å²) in [6.07, 6.45) is -2.00. The third-order valence-corrected chi connectivity index (χ3v) is 6.65. The fraction of sp³-hybridized carbons (Fsp3) is 0.417. The van der Waals surface area contributed by atoms with Crippen molar-refractivity contribution in [2.24, 2.45) is 0 Å². The molecule has 0 unspecified atom stereocenters. The van der Waals surface area contributed by atoms with Gasteiger partial charge in [0.2, 0.25) is 11.9 Å². The van der Waals surface area contributed by atoms with E-state index in [2.05, 4.69) is 20.3 Å². The van der Waals surface area contributed by atoms with Gasteiger partial charge in [-0.1, -0.05) is 18.6 Å². The molecule has 0 saturated carbocycles. The zero-order chi connectivity index (χ0) is 27.0. The third kappa shape index (κ3) is 4.58. The number of ether oxygens (including phenoxy) is 1. The van der Waals surface area contributed by atoms with E-state index in [0.717, 1.165) is 0 Å². The van der Waals surface area contributed by atoms with Crippen molar-refractivity contribution in [3.63, 3.8) is 0 Å². The number of hydrogen-bond acceptors (Lipinski definition) is 10. The second-order valence-corrected chi connectivity index (χ2v) is 9.13. The average Bonchev–Trinajstić information content (AvgIpc) is 3.53. The van der Waals surface area contributed by atoms with Crippen LogP contribution in [0.5, 0.6) is 0 Å². The lowest BCUT2D eigenvalue weighted by molar-refractivity contribution is -0.116. The number of fused-ring (bicyclic) bond motifs is 2. The molecule has 5 rings (SSSR count). The number of benzene rings is 1. The molecule has 0 spiro atoms. The van der Waals surface area contributed by atoms with Gasteiger partial charge in [0.05, 0.1) is 24.1 Å². The van der Waals surface area contributed by atoms with E-state index in [1.165, 1.54) is 15.8 Å². The molecule has 5 N–H and O–H groups in total. The van der Waals surface area contributed by atoms with Crippen molar-refractivity contribution >= 4 is 34.8 Å². The Balaban J connectivity index is 1.16. The van der Waals surface area contributed by atoms with Gasteiger partial charge in [-0.25, -0.2) is 4.98 Å². The minimum atomic E-state index is -1.40. The van der Waals surface area contributed by atoms with Gasteiger partial charge in [-0.05, 0) is 25.0 Å². The lowest BCUT2D eigenvalue weighted by Gasteiger charge is -2.16. The van der Waals surface area contributed by atoms with Crippen LogP contribution in [-0.4, -0.2) is 88.9 Å². The summed E-state index contributed by atoms with van der Waals surface area (Å²) in [6, 6.07) is 6.67. The molecule has 0 radical (unpaired) electrons. The number of aromatic nitrogens is 4. The summed E-state index contributed by atoms with van der Waals surface area (Å²) < 4.78 is 6.73. The fourth-order valence-corrected chi connectivity index (χ4v) is 4.65. The van der Waals surface area contributed by atoms with Crippen molar-refractivity contribution in [3.8, 4) is 0 Å². The van der Waals surface area contributed by atoms with Gasteiger partial charge in [0.25, 0.3) is 17.4 Å². The lowest BCUT2D eigenvalue weighted by atomic mass is 10.1. The molecule has 4 atom stereocenters. The van der Waals surface area contributed by atoms with Gasteiger partial charge in [0.15, 0.2) is 17.4 Å². The summed E-state index contributed by atoms with van der Waals surface area (Å²) >= 11 is 0. The standard InChI is InChI=1S/C24H26N6O8/c31-10-14-17(33)18(34)23(38-14)30-11-25-16-19(30)27-24(28-20(16)35)26-15(32)8-2-1-5-9-29-21(36)12-6-3-4-7-13(12)22(29)37/h3-4,6-7,11,14,17-18,23,31,33-34H,1-2,5,8-10H2,(H2,26,27,28,32,35)/t14-,17-,18+,23-/m1/s1. The Bertz CT molecular complexity index is 1420. The van der Waals surface area contributed by atoms with Crippen molar-refractivity contribution in [1.29, 1.82) is 0 Å². The van der Waals surface area contributed by atoms with Crippen LogP contribution in [0.15, 0.2) is 35.4 Å². The summed E-state index contributed by atoms with van der Waals surface area (Å²) in [6.45, 7) is -0.264. The average molecular weight is 527 g/mol. The molecule has 2 aliphatic rings. The number of unbranched alkanes of at least 4 members (excludes halogenated alkanes) is 2. The van der Waals surface area contributed by atoms with E-state index in [1.807, 2.05) is 0 Å². The number of imidazole rings is 1. The molecule has 0 aliphatic carbocycles. The highest BCUT2D eigenvalue weighted by atomic mass is 16.6. The SMILES string of the molecule is O=C(CCCCCN1C(=O)c2ccccc2C1=O)Nc1nc2c(ncn2[C@@H]2O[C@H](CO)[C@@H](O)[C@@H]2O)c(=O)[nH]1. The van der Waals surface area contributed by atoms with Crippen LogP contribution in [0.4, 0.5) is 5.95 Å². The number of rotatable bonds is 9. The van der Waals surface area contributed by atoms with Gasteiger partial charge in [0, 0.05) is 13.0 Å². The molecule has 14 heteroatoms. The van der Waals surface area contributed by atoms with Crippen LogP contribution in [-0.2, 0) is 9.53 Å². The van der Waals surface area contributed by atoms with E-state index in [9.17, 15) is 34.5 Å². The second kappa shape index (κ2) is 10.4. The zero-order valence-electron chi connectivity index (χ0n) is 20.1. The first-order chi connectivity index (χ1) is 18.3. The highest BCUT2D eigenvalue weighted by molar-refractivity contribution is 6.21. The predicted molar refractivity (Wildman–Crippen MR) is 130 cm³/mol. The molecule has 1 fully saturated rings. The topological polar surface area (TPSA) is 200 Å². The largest absolute Gasteiger partial charge is 0.394 e. The number of carbonyl (C=O) groups excluding carboxylic acids is 3. The quantitative estimate of drug-likeness (QED) is 0.179. The number of nitrogens with zero attached hydrogens (tertiary/aromatic N) is 4. The van der Waals surface area contributed by atoms with Crippen LogP contribution in [0.2, 0.25) is 0 Å². The summed E-state index contributed by atoms with van der Waals surface area (Å²) in [4.78, 5) is 61.6. The van der Waals surface area contributed by atoms with Crippen LogP contribution in [0, 0.1) is 0 Å². The summed E-state index contributed by atoms with van der Waals surface area (Å²) in [5, 5.41) is 32.2. The monoisotopic (exact) mass is 526 g/mol. The van der Waals surface area contributed by atoms with Crippen molar-refractivity contribution in [3.05, 3.63) is 52.1 Å². The number of imide groups is 1. The maximum Gasteiger partial charge on any atom is 0.280 e. The number of aliphatic hydroxyl groups is 3. The van der Waals surface area contributed by atoms with Crippen LogP contribution < -0.4 is 10.9 Å². The number of anilines is 1. The first kappa shape index (κ1) is 25.7. The number of H-pyrrole nitrogens is 1. The Kier molecular flexibility index (Phi) is 7.03. The molecule has 3 aromatic rings. The van der Waals surface area contributed by atoms with Gasteiger partial charge >= 0.3 is 0 Å². The normalized spacial score (nSPS) is 22.9. The maximum absolute atomic E-state index is 12.5. The molecule has 14 nitrogen and oxygen atoms in total. The molecule has 38 heavy (non-hydrogen) atoms. The fourth-order valence-electron chi connectivity index (χ4n) is 4.65. The highest BCUT2D eigenvalue weighted by Gasteiger charge is 2.44. The van der Waals surface area contributed by atoms with Crippen molar-refractivity contribution < 1.29 is 34.4 Å². The number of aromatic amines is 1. The molecule has 1 saturated heterocycles. The summed E-state index contributed by atoms with van der Waals surface area (Å²) in [5.41, 5.74) is 0.121. The third-order valence-electron chi connectivity index (χ3n) is 6.65. The molecule has 1 aromatic carbocycles. The van der Waals surface area contributed by atoms with Crippen LogP contribution in [0.1, 0.15) is 52.6 Å². The molecule has 3 amide bonds. The number of aliphatic hydroxyl groups excluding tert-OH is 3. The number of amides is 3. The summed E-state index contributed by atoms with van der Waals surface area (Å²) in [7, 11) is 0.